The van der Waals surface area contributed by atoms with E-state index in [0.29, 0.717) is 17.2 Å². The van der Waals surface area contributed by atoms with Crippen LogP contribution >= 0.6 is 11.8 Å². The highest BCUT2D eigenvalue weighted by atomic mass is 32.2. The van der Waals surface area contributed by atoms with Crippen LogP contribution in [0.1, 0.15) is 44.0 Å². The Labute approximate surface area is 159 Å². The van der Waals surface area contributed by atoms with Crippen LogP contribution in [-0.2, 0) is 4.79 Å². The Morgan fingerprint density at radius 2 is 1.77 bits per heavy atom. The van der Waals surface area contributed by atoms with Crippen LogP contribution in [0, 0.1) is 17.7 Å². The zero-order valence-electron chi connectivity index (χ0n) is 15.7. The number of halogens is 1. The van der Waals surface area contributed by atoms with E-state index >= 15 is 0 Å². The second-order valence-electron chi connectivity index (χ2n) is 7.71. The number of likely N-dealkylation sites (tertiary alicyclic amines) is 1. The summed E-state index contributed by atoms with van der Waals surface area (Å²) in [6.45, 7) is 7.89. The molecule has 0 saturated carbocycles. The van der Waals surface area contributed by atoms with Gasteiger partial charge in [-0.05, 0) is 48.9 Å². The van der Waals surface area contributed by atoms with Crippen molar-refractivity contribution in [2.45, 2.75) is 45.0 Å². The lowest BCUT2D eigenvalue weighted by Crippen LogP contribution is -2.53. The summed E-state index contributed by atoms with van der Waals surface area (Å²) in [4.78, 5) is 29.9. The third-order valence-electron chi connectivity index (χ3n) is 5.31. The summed E-state index contributed by atoms with van der Waals surface area (Å²) in [5, 5.41) is -0.0368. The maximum atomic E-state index is 13.2. The fraction of sp³-hybridized carbons (Fsp3) is 0.600. The molecule has 0 unspecified atom stereocenters. The minimum Gasteiger partial charge on any atom is -0.341 e. The number of piperidine rings is 1. The zero-order chi connectivity index (χ0) is 18.8. The molecule has 0 radical (unpaired) electrons. The van der Waals surface area contributed by atoms with Crippen molar-refractivity contribution in [1.29, 1.82) is 0 Å². The Bertz CT molecular complexity index is 656. The van der Waals surface area contributed by atoms with E-state index in [-0.39, 0.29) is 28.9 Å². The van der Waals surface area contributed by atoms with Crippen LogP contribution in [0.4, 0.5) is 4.39 Å². The van der Waals surface area contributed by atoms with Gasteiger partial charge in [-0.25, -0.2) is 4.39 Å². The van der Waals surface area contributed by atoms with E-state index in [1.165, 1.54) is 24.3 Å². The molecule has 2 aliphatic heterocycles. The number of carbonyl (C=O) groups is 2. The highest BCUT2D eigenvalue weighted by Crippen LogP contribution is 2.36. The molecular weight excluding hydrogens is 351 g/mol. The number of nitrogens with zero attached hydrogens (tertiary/aromatic N) is 2. The van der Waals surface area contributed by atoms with E-state index in [1.807, 2.05) is 4.90 Å². The fourth-order valence-corrected chi connectivity index (χ4v) is 5.14. The Morgan fingerprint density at radius 1 is 1.15 bits per heavy atom. The number of thioether (sulfide) groups is 1. The van der Waals surface area contributed by atoms with Gasteiger partial charge in [-0.3, -0.25) is 9.59 Å². The quantitative estimate of drug-likeness (QED) is 0.807. The SMILES string of the molecule is CC1CCN(C(=O)[C@@H]2CS[C@H](C(C)C)N2C(=O)c2ccc(F)cc2)CC1. The standard InChI is InChI=1S/C20H27FN2O2S/c1-13(2)20-23(18(24)15-4-6-16(21)7-5-15)17(12-26-20)19(25)22-10-8-14(3)9-11-22/h4-7,13-14,17,20H,8-12H2,1-3H3/t17-,20+/m0/s1. The van der Waals surface area contributed by atoms with Gasteiger partial charge in [0, 0.05) is 24.4 Å². The maximum Gasteiger partial charge on any atom is 0.255 e. The number of hydrogen-bond donors (Lipinski definition) is 0. The van der Waals surface area contributed by atoms with Crippen LogP contribution in [-0.4, -0.2) is 51.9 Å². The van der Waals surface area contributed by atoms with Crippen molar-refractivity contribution < 1.29 is 14.0 Å². The molecule has 6 heteroatoms. The molecule has 2 heterocycles. The van der Waals surface area contributed by atoms with E-state index in [1.54, 1.807) is 16.7 Å². The van der Waals surface area contributed by atoms with Gasteiger partial charge in [-0.2, -0.15) is 0 Å². The predicted octanol–water partition coefficient (Wildman–Crippen LogP) is 3.62. The summed E-state index contributed by atoms with van der Waals surface area (Å²) in [6.07, 6.45) is 2.04. The fourth-order valence-electron chi connectivity index (χ4n) is 3.67. The predicted molar refractivity (Wildman–Crippen MR) is 102 cm³/mol. The first-order valence-electron chi connectivity index (χ1n) is 9.37. The van der Waals surface area contributed by atoms with Crippen molar-refractivity contribution in [2.75, 3.05) is 18.8 Å². The summed E-state index contributed by atoms with van der Waals surface area (Å²) < 4.78 is 13.2. The zero-order valence-corrected chi connectivity index (χ0v) is 16.5. The molecule has 2 aliphatic rings. The monoisotopic (exact) mass is 378 g/mol. The van der Waals surface area contributed by atoms with Crippen LogP contribution in [0.15, 0.2) is 24.3 Å². The number of benzene rings is 1. The molecule has 2 atom stereocenters. The van der Waals surface area contributed by atoms with Gasteiger partial charge in [0.15, 0.2) is 0 Å². The van der Waals surface area contributed by atoms with Crippen molar-refractivity contribution in [2.24, 2.45) is 11.8 Å². The van der Waals surface area contributed by atoms with Crippen LogP contribution in [0.3, 0.4) is 0 Å². The molecule has 26 heavy (non-hydrogen) atoms. The summed E-state index contributed by atoms with van der Waals surface area (Å²) in [6, 6.07) is 5.16. The van der Waals surface area contributed by atoms with Gasteiger partial charge in [0.25, 0.3) is 5.91 Å². The molecule has 2 saturated heterocycles. The summed E-state index contributed by atoms with van der Waals surface area (Å²) in [5.74, 6) is 1.02. The number of carbonyl (C=O) groups excluding carboxylic acids is 2. The van der Waals surface area contributed by atoms with Gasteiger partial charge in [-0.15, -0.1) is 11.8 Å². The average molecular weight is 379 g/mol. The van der Waals surface area contributed by atoms with Gasteiger partial charge in [-0.1, -0.05) is 20.8 Å². The second-order valence-corrected chi connectivity index (χ2v) is 8.86. The summed E-state index contributed by atoms with van der Waals surface area (Å²) in [5.41, 5.74) is 0.435. The number of hydrogen-bond acceptors (Lipinski definition) is 3. The first-order valence-corrected chi connectivity index (χ1v) is 10.4. The average Bonchev–Trinajstić information content (AvgIpc) is 3.07. The molecule has 2 fully saturated rings. The van der Waals surface area contributed by atoms with Crippen molar-refractivity contribution in [1.82, 2.24) is 9.80 Å². The Kier molecular flexibility index (Phi) is 5.90. The molecule has 0 N–H and O–H groups in total. The minimum atomic E-state index is -0.432. The van der Waals surface area contributed by atoms with Crippen LogP contribution in [0.25, 0.3) is 0 Å². The molecular formula is C20H27FN2O2S. The van der Waals surface area contributed by atoms with Crippen molar-refractivity contribution >= 4 is 23.6 Å². The lowest BCUT2D eigenvalue weighted by atomic mass is 9.98. The lowest BCUT2D eigenvalue weighted by molar-refractivity contribution is -0.136. The van der Waals surface area contributed by atoms with Crippen LogP contribution in [0.2, 0.25) is 0 Å². The van der Waals surface area contributed by atoms with E-state index in [4.69, 9.17) is 0 Å². The molecule has 142 valence electrons. The molecule has 1 aromatic carbocycles. The molecule has 0 aromatic heterocycles. The summed E-state index contributed by atoms with van der Waals surface area (Å²) >= 11 is 1.67. The molecule has 0 aliphatic carbocycles. The molecule has 1 aromatic rings. The van der Waals surface area contributed by atoms with Gasteiger partial charge >= 0.3 is 0 Å². The molecule has 0 spiro atoms. The minimum absolute atomic E-state index is 0.0368. The Balaban J connectivity index is 1.83. The second kappa shape index (κ2) is 7.99. The van der Waals surface area contributed by atoms with E-state index in [9.17, 15) is 14.0 Å². The lowest BCUT2D eigenvalue weighted by Gasteiger charge is -2.36. The third kappa shape index (κ3) is 3.90. The van der Waals surface area contributed by atoms with E-state index in [0.717, 1.165) is 25.9 Å². The Morgan fingerprint density at radius 3 is 2.35 bits per heavy atom. The highest BCUT2D eigenvalue weighted by molar-refractivity contribution is 8.00. The van der Waals surface area contributed by atoms with E-state index in [2.05, 4.69) is 20.8 Å². The third-order valence-corrected chi connectivity index (χ3v) is 6.93. The normalized spacial score (nSPS) is 24.3. The van der Waals surface area contributed by atoms with E-state index < -0.39 is 6.04 Å². The molecule has 3 rings (SSSR count). The molecule has 2 amide bonds. The first kappa shape index (κ1) is 19.2. The van der Waals surface area contributed by atoms with Crippen molar-refractivity contribution in [3.63, 3.8) is 0 Å². The number of amides is 2. The summed E-state index contributed by atoms with van der Waals surface area (Å²) in [7, 11) is 0. The van der Waals surface area contributed by atoms with Crippen molar-refractivity contribution in [3.8, 4) is 0 Å². The van der Waals surface area contributed by atoms with Gasteiger partial charge in [0.2, 0.25) is 5.91 Å². The van der Waals surface area contributed by atoms with Gasteiger partial charge in [0.1, 0.15) is 11.9 Å². The molecule has 0 bridgehead atoms. The largest absolute Gasteiger partial charge is 0.341 e. The smallest absolute Gasteiger partial charge is 0.255 e. The maximum absolute atomic E-state index is 13.2. The van der Waals surface area contributed by atoms with Crippen LogP contribution in [0.5, 0.6) is 0 Å². The van der Waals surface area contributed by atoms with Crippen LogP contribution < -0.4 is 0 Å². The molecule has 4 nitrogen and oxygen atoms in total. The van der Waals surface area contributed by atoms with Gasteiger partial charge in [0.05, 0.1) is 5.37 Å². The first-order chi connectivity index (χ1) is 12.4. The Hall–Kier alpha value is -1.56. The number of rotatable bonds is 3. The topological polar surface area (TPSA) is 40.6 Å². The highest BCUT2D eigenvalue weighted by Gasteiger charge is 2.44. The van der Waals surface area contributed by atoms with Gasteiger partial charge < -0.3 is 9.80 Å². The van der Waals surface area contributed by atoms with Crippen molar-refractivity contribution in [3.05, 3.63) is 35.6 Å².